The molecule has 1 fully saturated rings. The Hall–Kier alpha value is -0.120. The first-order valence-corrected chi connectivity index (χ1v) is 6.61. The maximum atomic E-state index is 5.67. The molecule has 1 saturated heterocycles. The van der Waals surface area contributed by atoms with Crippen LogP contribution in [0.3, 0.4) is 0 Å². The summed E-state index contributed by atoms with van der Waals surface area (Å²) >= 11 is 0. The summed E-state index contributed by atoms with van der Waals surface area (Å²) in [5.41, 5.74) is -0.00943. The molecule has 0 radical (unpaired) electrons. The van der Waals surface area contributed by atoms with Crippen molar-refractivity contribution < 1.29 is 4.74 Å². The molecule has 0 saturated carbocycles. The highest BCUT2D eigenvalue weighted by Crippen LogP contribution is 2.15. The SMILES string of the molecule is CCN1CCCC1CNCCOC(C)(C)C. The minimum atomic E-state index is -0.00943. The van der Waals surface area contributed by atoms with Gasteiger partial charge in [0.25, 0.3) is 0 Å². The maximum absolute atomic E-state index is 5.67. The highest BCUT2D eigenvalue weighted by atomic mass is 16.5. The number of nitrogens with one attached hydrogen (secondary N) is 1. The first-order chi connectivity index (χ1) is 7.53. The largest absolute Gasteiger partial charge is 0.375 e. The molecule has 0 aromatic rings. The number of hydrogen-bond acceptors (Lipinski definition) is 3. The third-order valence-electron chi connectivity index (χ3n) is 3.10. The van der Waals surface area contributed by atoms with Crippen LogP contribution in [-0.2, 0) is 4.74 Å². The lowest BCUT2D eigenvalue weighted by atomic mass is 10.2. The van der Waals surface area contributed by atoms with E-state index in [4.69, 9.17) is 4.74 Å². The minimum absolute atomic E-state index is 0.00943. The summed E-state index contributed by atoms with van der Waals surface area (Å²) in [6, 6.07) is 0.750. The molecule has 96 valence electrons. The fourth-order valence-corrected chi connectivity index (χ4v) is 2.24. The molecule has 16 heavy (non-hydrogen) atoms. The molecule has 3 heteroatoms. The molecular formula is C13H28N2O. The van der Waals surface area contributed by atoms with E-state index < -0.39 is 0 Å². The first kappa shape index (κ1) is 13.9. The van der Waals surface area contributed by atoms with Crippen molar-refractivity contribution >= 4 is 0 Å². The molecule has 1 heterocycles. The summed E-state index contributed by atoms with van der Waals surface area (Å²) in [5, 5.41) is 3.50. The van der Waals surface area contributed by atoms with E-state index in [0.29, 0.717) is 0 Å². The normalized spacial score (nSPS) is 22.9. The summed E-state index contributed by atoms with van der Waals surface area (Å²) in [7, 11) is 0. The molecule has 0 bridgehead atoms. The number of likely N-dealkylation sites (tertiary alicyclic amines) is 1. The van der Waals surface area contributed by atoms with Gasteiger partial charge in [-0.25, -0.2) is 0 Å². The van der Waals surface area contributed by atoms with Crippen LogP contribution < -0.4 is 5.32 Å². The number of hydrogen-bond donors (Lipinski definition) is 1. The highest BCUT2D eigenvalue weighted by Gasteiger charge is 2.21. The Morgan fingerprint density at radius 3 is 2.75 bits per heavy atom. The molecule has 3 nitrogen and oxygen atoms in total. The topological polar surface area (TPSA) is 24.5 Å². The number of ether oxygens (including phenoxy) is 1. The van der Waals surface area contributed by atoms with E-state index in [2.05, 4.69) is 37.9 Å². The van der Waals surface area contributed by atoms with Crippen molar-refractivity contribution in [2.75, 3.05) is 32.8 Å². The van der Waals surface area contributed by atoms with E-state index in [1.807, 2.05) is 0 Å². The van der Waals surface area contributed by atoms with Gasteiger partial charge in [0.2, 0.25) is 0 Å². The van der Waals surface area contributed by atoms with Crippen LogP contribution in [0.5, 0.6) is 0 Å². The third kappa shape index (κ3) is 5.28. The Morgan fingerprint density at radius 1 is 1.38 bits per heavy atom. The predicted octanol–water partition coefficient (Wildman–Crippen LogP) is 1.88. The van der Waals surface area contributed by atoms with Crippen LogP contribution in [0, 0.1) is 0 Å². The van der Waals surface area contributed by atoms with E-state index in [-0.39, 0.29) is 5.60 Å². The molecule has 1 aliphatic heterocycles. The Morgan fingerprint density at radius 2 is 2.12 bits per heavy atom. The van der Waals surface area contributed by atoms with Crippen LogP contribution >= 0.6 is 0 Å². The summed E-state index contributed by atoms with van der Waals surface area (Å²) in [6.07, 6.45) is 2.71. The zero-order chi connectivity index (χ0) is 12.0. The molecule has 1 rings (SSSR count). The fourth-order valence-electron chi connectivity index (χ4n) is 2.24. The van der Waals surface area contributed by atoms with Crippen molar-refractivity contribution in [2.45, 2.75) is 52.2 Å². The molecule has 0 spiro atoms. The van der Waals surface area contributed by atoms with Crippen molar-refractivity contribution in [1.29, 1.82) is 0 Å². The molecule has 1 unspecified atom stereocenters. The van der Waals surface area contributed by atoms with Gasteiger partial charge in [-0.05, 0) is 46.7 Å². The summed E-state index contributed by atoms with van der Waals surface area (Å²) in [4.78, 5) is 2.57. The second-order valence-corrected chi connectivity index (χ2v) is 5.59. The van der Waals surface area contributed by atoms with Crippen molar-refractivity contribution in [3.8, 4) is 0 Å². The Labute approximate surface area is 101 Å². The molecule has 1 aliphatic rings. The van der Waals surface area contributed by atoms with Crippen LogP contribution in [0.1, 0.15) is 40.5 Å². The number of likely N-dealkylation sites (N-methyl/N-ethyl adjacent to an activating group) is 1. The van der Waals surface area contributed by atoms with Gasteiger partial charge in [-0.15, -0.1) is 0 Å². The van der Waals surface area contributed by atoms with Crippen molar-refractivity contribution in [1.82, 2.24) is 10.2 Å². The molecule has 0 amide bonds. The highest BCUT2D eigenvalue weighted by molar-refractivity contribution is 4.79. The van der Waals surface area contributed by atoms with E-state index in [9.17, 15) is 0 Å². The summed E-state index contributed by atoms with van der Waals surface area (Å²) < 4.78 is 5.67. The van der Waals surface area contributed by atoms with Gasteiger partial charge >= 0.3 is 0 Å². The Bertz CT molecular complexity index is 189. The lowest BCUT2D eigenvalue weighted by Crippen LogP contribution is -2.39. The van der Waals surface area contributed by atoms with E-state index >= 15 is 0 Å². The molecule has 0 aliphatic carbocycles. The molecule has 0 aromatic heterocycles. The molecule has 1 N–H and O–H groups in total. The smallest absolute Gasteiger partial charge is 0.0599 e. The van der Waals surface area contributed by atoms with Gasteiger partial charge < -0.3 is 10.1 Å². The average molecular weight is 228 g/mol. The van der Waals surface area contributed by atoms with E-state index in [1.54, 1.807) is 0 Å². The van der Waals surface area contributed by atoms with Crippen molar-refractivity contribution in [3.05, 3.63) is 0 Å². The number of rotatable bonds is 6. The van der Waals surface area contributed by atoms with Crippen LogP contribution in [0.2, 0.25) is 0 Å². The van der Waals surface area contributed by atoms with Crippen LogP contribution in [0.15, 0.2) is 0 Å². The van der Waals surface area contributed by atoms with Crippen LogP contribution in [-0.4, -0.2) is 49.3 Å². The van der Waals surface area contributed by atoms with Crippen LogP contribution in [0.4, 0.5) is 0 Å². The van der Waals surface area contributed by atoms with Gasteiger partial charge in [0.15, 0.2) is 0 Å². The fraction of sp³-hybridized carbons (Fsp3) is 1.00. The predicted molar refractivity (Wildman–Crippen MR) is 68.8 cm³/mol. The minimum Gasteiger partial charge on any atom is -0.375 e. The lowest BCUT2D eigenvalue weighted by Gasteiger charge is -2.24. The second kappa shape index (κ2) is 6.58. The lowest BCUT2D eigenvalue weighted by molar-refractivity contribution is -0.00111. The van der Waals surface area contributed by atoms with Crippen LogP contribution in [0.25, 0.3) is 0 Å². The van der Waals surface area contributed by atoms with E-state index in [1.165, 1.54) is 25.9 Å². The monoisotopic (exact) mass is 228 g/mol. The Balaban J connectivity index is 2.03. The van der Waals surface area contributed by atoms with Gasteiger partial charge in [-0.2, -0.15) is 0 Å². The van der Waals surface area contributed by atoms with Gasteiger partial charge in [-0.1, -0.05) is 6.92 Å². The quantitative estimate of drug-likeness (QED) is 0.703. The van der Waals surface area contributed by atoms with Gasteiger partial charge in [0.05, 0.1) is 12.2 Å². The Kier molecular flexibility index (Phi) is 5.73. The van der Waals surface area contributed by atoms with Gasteiger partial charge in [-0.3, -0.25) is 4.90 Å². The van der Waals surface area contributed by atoms with Crippen molar-refractivity contribution in [3.63, 3.8) is 0 Å². The van der Waals surface area contributed by atoms with E-state index in [0.717, 1.165) is 25.7 Å². The second-order valence-electron chi connectivity index (χ2n) is 5.59. The zero-order valence-corrected chi connectivity index (χ0v) is 11.4. The molecular weight excluding hydrogens is 200 g/mol. The first-order valence-electron chi connectivity index (χ1n) is 6.61. The molecule has 1 atom stereocenters. The summed E-state index contributed by atoms with van der Waals surface area (Å²) in [6.45, 7) is 13.9. The molecule has 0 aromatic carbocycles. The van der Waals surface area contributed by atoms with Crippen molar-refractivity contribution in [2.24, 2.45) is 0 Å². The van der Waals surface area contributed by atoms with Gasteiger partial charge in [0.1, 0.15) is 0 Å². The average Bonchev–Trinajstić information content (AvgIpc) is 2.63. The standard InChI is InChI=1S/C13H28N2O/c1-5-15-9-6-7-12(15)11-14-8-10-16-13(2,3)4/h12,14H,5-11H2,1-4H3. The van der Waals surface area contributed by atoms with Gasteiger partial charge in [0, 0.05) is 19.1 Å². The number of nitrogens with zero attached hydrogens (tertiary/aromatic N) is 1. The zero-order valence-electron chi connectivity index (χ0n) is 11.4. The third-order valence-corrected chi connectivity index (χ3v) is 3.10. The maximum Gasteiger partial charge on any atom is 0.0599 e. The summed E-state index contributed by atoms with van der Waals surface area (Å²) in [5.74, 6) is 0.